The molecule has 34 heavy (non-hydrogen) atoms. The summed E-state index contributed by atoms with van der Waals surface area (Å²) in [5, 5.41) is 14.5. The van der Waals surface area contributed by atoms with E-state index < -0.39 is 11.7 Å². The summed E-state index contributed by atoms with van der Waals surface area (Å²) >= 11 is 1.28. The zero-order valence-corrected chi connectivity index (χ0v) is 19.3. The monoisotopic (exact) mass is 476 g/mol. The first kappa shape index (κ1) is 23.1. The van der Waals surface area contributed by atoms with Gasteiger partial charge in [0.2, 0.25) is 5.91 Å². The van der Waals surface area contributed by atoms with E-state index in [4.69, 9.17) is 0 Å². The van der Waals surface area contributed by atoms with E-state index in [0.717, 1.165) is 11.1 Å². The number of aromatic nitrogens is 4. The molecule has 2 heterocycles. The number of pyridine rings is 1. The molecule has 0 atom stereocenters. The van der Waals surface area contributed by atoms with Crippen molar-refractivity contribution in [3.63, 3.8) is 0 Å². The standard InChI is InChI=1S/C24H21FN6O2S/c1-15-13-17(27-23(33)18-5-3-4-6-19(18)25)7-8-20(15)28-21(32)14-34-24-30-29-22(31(24)2)16-9-11-26-12-10-16/h3-13H,14H2,1-2H3,(H,27,33)(H,28,32). The highest BCUT2D eigenvalue weighted by atomic mass is 32.2. The highest BCUT2D eigenvalue weighted by Gasteiger charge is 2.14. The van der Waals surface area contributed by atoms with Crippen LogP contribution in [0, 0.1) is 12.7 Å². The van der Waals surface area contributed by atoms with Crippen LogP contribution in [0.3, 0.4) is 0 Å². The molecule has 0 bridgehead atoms. The largest absolute Gasteiger partial charge is 0.325 e. The molecule has 0 aliphatic carbocycles. The van der Waals surface area contributed by atoms with Gasteiger partial charge in [-0.3, -0.25) is 14.6 Å². The van der Waals surface area contributed by atoms with Gasteiger partial charge in [0.05, 0.1) is 11.3 Å². The number of carbonyl (C=O) groups is 2. The minimum absolute atomic E-state index is 0.0366. The highest BCUT2D eigenvalue weighted by Crippen LogP contribution is 2.24. The van der Waals surface area contributed by atoms with Crippen molar-refractivity contribution in [2.45, 2.75) is 12.1 Å². The second-order valence-corrected chi connectivity index (χ2v) is 8.34. The summed E-state index contributed by atoms with van der Waals surface area (Å²) in [7, 11) is 1.84. The number of anilines is 2. The Morgan fingerprint density at radius 3 is 2.53 bits per heavy atom. The van der Waals surface area contributed by atoms with Crippen LogP contribution in [0.5, 0.6) is 0 Å². The number of aryl methyl sites for hydroxylation is 1. The number of carbonyl (C=O) groups excluding carboxylic acids is 2. The Labute approximate surface area is 199 Å². The van der Waals surface area contributed by atoms with Gasteiger partial charge in [-0.2, -0.15) is 0 Å². The van der Waals surface area contributed by atoms with Crippen molar-refractivity contribution in [2.75, 3.05) is 16.4 Å². The predicted molar refractivity (Wildman–Crippen MR) is 129 cm³/mol. The first-order valence-electron chi connectivity index (χ1n) is 10.3. The summed E-state index contributed by atoms with van der Waals surface area (Å²) in [6.45, 7) is 1.81. The molecule has 10 heteroatoms. The third-order valence-corrected chi connectivity index (χ3v) is 6.00. The molecule has 0 saturated heterocycles. The molecule has 0 aliphatic rings. The van der Waals surface area contributed by atoms with Crippen LogP contribution in [-0.2, 0) is 11.8 Å². The number of halogens is 1. The predicted octanol–water partition coefficient (Wildman–Crippen LogP) is 4.31. The highest BCUT2D eigenvalue weighted by molar-refractivity contribution is 7.99. The van der Waals surface area contributed by atoms with Gasteiger partial charge in [0.15, 0.2) is 11.0 Å². The van der Waals surface area contributed by atoms with Crippen molar-refractivity contribution in [1.29, 1.82) is 0 Å². The number of hydrogen-bond acceptors (Lipinski definition) is 6. The van der Waals surface area contributed by atoms with Crippen LogP contribution in [0.15, 0.2) is 72.1 Å². The number of rotatable bonds is 7. The lowest BCUT2D eigenvalue weighted by Crippen LogP contribution is -2.16. The summed E-state index contributed by atoms with van der Waals surface area (Å²) in [6, 6.07) is 14.5. The lowest BCUT2D eigenvalue weighted by Gasteiger charge is -2.11. The normalized spacial score (nSPS) is 10.7. The van der Waals surface area contributed by atoms with E-state index >= 15 is 0 Å². The van der Waals surface area contributed by atoms with Gasteiger partial charge < -0.3 is 15.2 Å². The van der Waals surface area contributed by atoms with Crippen molar-refractivity contribution in [3.8, 4) is 11.4 Å². The molecule has 2 aromatic heterocycles. The number of nitrogens with zero attached hydrogens (tertiary/aromatic N) is 4. The maximum absolute atomic E-state index is 13.8. The fourth-order valence-corrected chi connectivity index (χ4v) is 3.95. The molecule has 8 nitrogen and oxygen atoms in total. The fourth-order valence-electron chi connectivity index (χ4n) is 3.23. The third kappa shape index (κ3) is 5.29. The molecular formula is C24H21FN6O2S. The SMILES string of the molecule is Cc1cc(NC(=O)c2ccccc2F)ccc1NC(=O)CSc1nnc(-c2ccncc2)n1C. The van der Waals surface area contributed by atoms with Crippen molar-refractivity contribution in [1.82, 2.24) is 19.7 Å². The van der Waals surface area contributed by atoms with Crippen LogP contribution < -0.4 is 10.6 Å². The molecule has 0 aliphatic heterocycles. The van der Waals surface area contributed by atoms with Crippen LogP contribution in [-0.4, -0.2) is 37.3 Å². The van der Waals surface area contributed by atoms with Crippen LogP contribution >= 0.6 is 11.8 Å². The van der Waals surface area contributed by atoms with Crippen LogP contribution in [0.4, 0.5) is 15.8 Å². The van der Waals surface area contributed by atoms with E-state index in [1.807, 2.05) is 30.7 Å². The molecule has 0 radical (unpaired) electrons. The lowest BCUT2D eigenvalue weighted by atomic mass is 10.1. The second-order valence-electron chi connectivity index (χ2n) is 7.40. The topological polar surface area (TPSA) is 102 Å². The van der Waals surface area contributed by atoms with E-state index in [2.05, 4.69) is 25.8 Å². The first-order chi connectivity index (χ1) is 16.4. The lowest BCUT2D eigenvalue weighted by molar-refractivity contribution is -0.113. The van der Waals surface area contributed by atoms with Crippen molar-refractivity contribution >= 4 is 35.0 Å². The van der Waals surface area contributed by atoms with Crippen LogP contribution in [0.1, 0.15) is 15.9 Å². The Hall–Kier alpha value is -4.05. The zero-order chi connectivity index (χ0) is 24.1. The number of benzene rings is 2. The molecule has 2 amide bonds. The smallest absolute Gasteiger partial charge is 0.258 e. The summed E-state index contributed by atoms with van der Waals surface area (Å²) in [5.41, 5.74) is 2.72. The molecule has 0 saturated carbocycles. The first-order valence-corrected chi connectivity index (χ1v) is 11.3. The Kier molecular flexibility index (Phi) is 6.98. The fraction of sp³-hybridized carbons (Fsp3) is 0.125. The minimum Gasteiger partial charge on any atom is -0.325 e. The van der Waals surface area contributed by atoms with Gasteiger partial charge in [0.25, 0.3) is 5.91 Å². The minimum atomic E-state index is -0.589. The Balaban J connectivity index is 1.35. The summed E-state index contributed by atoms with van der Waals surface area (Å²) in [4.78, 5) is 28.8. The molecular weight excluding hydrogens is 455 g/mol. The van der Waals surface area contributed by atoms with Gasteiger partial charge in [-0.05, 0) is 55.0 Å². The second kappa shape index (κ2) is 10.3. The summed E-state index contributed by atoms with van der Waals surface area (Å²) in [5.74, 6) is -0.499. The van der Waals surface area contributed by atoms with Crippen LogP contribution in [0.25, 0.3) is 11.4 Å². The van der Waals surface area contributed by atoms with Crippen LogP contribution in [0.2, 0.25) is 0 Å². The molecule has 4 aromatic rings. The molecule has 172 valence electrons. The Morgan fingerprint density at radius 1 is 1.03 bits per heavy atom. The maximum atomic E-state index is 13.8. The molecule has 0 unspecified atom stereocenters. The van der Waals surface area contributed by atoms with E-state index in [1.165, 1.54) is 30.0 Å². The molecule has 2 aromatic carbocycles. The van der Waals surface area contributed by atoms with E-state index in [0.29, 0.717) is 22.4 Å². The molecule has 4 rings (SSSR count). The number of amides is 2. The van der Waals surface area contributed by atoms with Crippen molar-refractivity contribution in [3.05, 3.63) is 83.9 Å². The van der Waals surface area contributed by atoms with Gasteiger partial charge in [0.1, 0.15) is 5.82 Å². The van der Waals surface area contributed by atoms with Crippen molar-refractivity contribution in [2.24, 2.45) is 7.05 Å². The van der Waals surface area contributed by atoms with E-state index in [9.17, 15) is 14.0 Å². The average Bonchev–Trinajstić information content (AvgIpc) is 3.20. The number of nitrogens with one attached hydrogen (secondary N) is 2. The molecule has 0 fully saturated rings. The zero-order valence-electron chi connectivity index (χ0n) is 18.4. The third-order valence-electron chi connectivity index (χ3n) is 4.98. The van der Waals surface area contributed by atoms with Gasteiger partial charge in [-0.25, -0.2) is 4.39 Å². The molecule has 2 N–H and O–H groups in total. The summed E-state index contributed by atoms with van der Waals surface area (Å²) < 4.78 is 15.6. The number of thioether (sulfide) groups is 1. The van der Waals surface area contributed by atoms with Gasteiger partial charge in [-0.1, -0.05) is 23.9 Å². The van der Waals surface area contributed by atoms with Gasteiger partial charge in [0, 0.05) is 36.4 Å². The van der Waals surface area contributed by atoms with E-state index in [1.54, 1.807) is 36.7 Å². The Bertz CT molecular complexity index is 1340. The van der Waals surface area contributed by atoms with Gasteiger partial charge >= 0.3 is 0 Å². The quantitative estimate of drug-likeness (QED) is 0.386. The van der Waals surface area contributed by atoms with E-state index in [-0.39, 0.29) is 17.2 Å². The average molecular weight is 477 g/mol. The Morgan fingerprint density at radius 2 is 1.79 bits per heavy atom. The summed E-state index contributed by atoms with van der Waals surface area (Å²) in [6.07, 6.45) is 3.37. The number of hydrogen-bond donors (Lipinski definition) is 2. The molecule has 0 spiro atoms. The van der Waals surface area contributed by atoms with Crippen molar-refractivity contribution < 1.29 is 14.0 Å². The maximum Gasteiger partial charge on any atom is 0.258 e. The van der Waals surface area contributed by atoms with Gasteiger partial charge in [-0.15, -0.1) is 10.2 Å².